The molecule has 0 heterocycles. The van der Waals surface area contributed by atoms with E-state index in [0.29, 0.717) is 23.5 Å². The largest absolute Gasteiger partial charge is 0.386 e. The summed E-state index contributed by atoms with van der Waals surface area (Å²) in [6.07, 6.45) is 5.22. The van der Waals surface area contributed by atoms with E-state index in [1.54, 1.807) is 12.1 Å². The van der Waals surface area contributed by atoms with E-state index in [0.717, 1.165) is 63.9 Å². The van der Waals surface area contributed by atoms with Crippen molar-refractivity contribution in [3.63, 3.8) is 0 Å². The van der Waals surface area contributed by atoms with Crippen LogP contribution in [-0.4, -0.2) is 6.61 Å². The minimum atomic E-state index is -3.99. The number of rotatable bonds is 12. The lowest BCUT2D eigenvalue weighted by Gasteiger charge is -2.29. The molecule has 0 aliphatic heterocycles. The van der Waals surface area contributed by atoms with Gasteiger partial charge in [0, 0.05) is 0 Å². The molecule has 1 fully saturated rings. The predicted octanol–water partition coefficient (Wildman–Crippen LogP) is 9.22. The molecule has 2 aromatic carbocycles. The van der Waals surface area contributed by atoms with Gasteiger partial charge >= 0.3 is 6.11 Å². The first-order valence-corrected chi connectivity index (χ1v) is 13.0. The average molecular weight is 497 g/mol. The fourth-order valence-electron chi connectivity index (χ4n) is 5.16. The number of halogens is 5. The van der Waals surface area contributed by atoms with Crippen LogP contribution in [0.1, 0.15) is 99.8 Å². The van der Waals surface area contributed by atoms with Crippen LogP contribution in [0.25, 0.3) is 0 Å². The van der Waals surface area contributed by atoms with Crippen LogP contribution >= 0.6 is 0 Å². The van der Waals surface area contributed by atoms with E-state index < -0.39 is 29.9 Å². The molecule has 1 aliphatic rings. The van der Waals surface area contributed by atoms with Crippen LogP contribution in [0, 0.1) is 23.4 Å². The van der Waals surface area contributed by atoms with Crippen molar-refractivity contribution in [1.29, 1.82) is 0 Å². The Labute approximate surface area is 206 Å². The van der Waals surface area contributed by atoms with E-state index in [-0.39, 0.29) is 23.7 Å². The summed E-state index contributed by atoms with van der Waals surface area (Å²) >= 11 is 0. The van der Waals surface area contributed by atoms with Gasteiger partial charge in [-0.25, -0.2) is 13.2 Å². The minimum Gasteiger partial charge on any atom is -0.316 e. The molecule has 35 heavy (non-hydrogen) atoms. The molecule has 2 aromatic rings. The summed E-state index contributed by atoms with van der Waals surface area (Å²) < 4.78 is 77.7. The Hall–Kier alpha value is -1.95. The molecule has 0 saturated heterocycles. The molecule has 0 radical (unpaired) electrons. The molecular weight excluding hydrogens is 459 g/mol. The van der Waals surface area contributed by atoms with Gasteiger partial charge in [0.2, 0.25) is 0 Å². The van der Waals surface area contributed by atoms with E-state index in [9.17, 15) is 22.0 Å². The third kappa shape index (κ3) is 7.28. The summed E-state index contributed by atoms with van der Waals surface area (Å²) in [6, 6.07) is 6.91. The Bertz CT molecular complexity index is 950. The first-order valence-electron chi connectivity index (χ1n) is 13.0. The maximum absolute atomic E-state index is 14.8. The van der Waals surface area contributed by atoms with E-state index in [4.69, 9.17) is 0 Å². The second-order valence-corrected chi connectivity index (χ2v) is 9.83. The lowest BCUT2D eigenvalue weighted by molar-refractivity contribution is -0.249. The van der Waals surface area contributed by atoms with Crippen molar-refractivity contribution in [1.82, 2.24) is 0 Å². The fourth-order valence-corrected chi connectivity index (χ4v) is 5.16. The highest BCUT2D eigenvalue weighted by Gasteiger charge is 2.38. The summed E-state index contributed by atoms with van der Waals surface area (Å²) in [7, 11) is 0. The van der Waals surface area contributed by atoms with E-state index in [1.165, 1.54) is 12.1 Å². The second kappa shape index (κ2) is 12.8. The normalized spacial score (nSPS) is 18.7. The van der Waals surface area contributed by atoms with Crippen molar-refractivity contribution in [3.05, 3.63) is 70.0 Å². The standard InChI is InChI=1S/C29H37F5O/c1-3-5-6-8-23-14-11-21(19-26(23)30)17-18-35-29(33,34)25-16-15-24(27(31)28(25)32)22-12-9-20(7-4-2)10-13-22/h11,14-16,19-20,22H,3-10,12-13,17-18H2,1-2H3. The smallest absolute Gasteiger partial charge is 0.316 e. The number of aryl methyl sites for hydroxylation is 1. The quantitative estimate of drug-likeness (QED) is 0.210. The highest BCUT2D eigenvalue weighted by atomic mass is 19.3. The van der Waals surface area contributed by atoms with Crippen molar-refractivity contribution in [2.24, 2.45) is 5.92 Å². The maximum atomic E-state index is 14.8. The summed E-state index contributed by atoms with van der Waals surface area (Å²) in [6.45, 7) is 3.75. The predicted molar refractivity (Wildman–Crippen MR) is 129 cm³/mol. The average Bonchev–Trinajstić information content (AvgIpc) is 2.83. The number of unbranched alkanes of at least 4 members (excludes halogenated alkanes) is 2. The van der Waals surface area contributed by atoms with Crippen molar-refractivity contribution < 1.29 is 26.7 Å². The van der Waals surface area contributed by atoms with Crippen LogP contribution in [0.5, 0.6) is 0 Å². The first kappa shape index (κ1) is 27.6. The lowest BCUT2D eigenvalue weighted by Crippen LogP contribution is -2.23. The molecular formula is C29H37F5O. The third-order valence-corrected chi connectivity index (χ3v) is 7.25. The molecule has 194 valence electrons. The van der Waals surface area contributed by atoms with Crippen LogP contribution in [0.2, 0.25) is 0 Å². The van der Waals surface area contributed by atoms with Gasteiger partial charge in [-0.05, 0) is 85.6 Å². The number of benzene rings is 2. The molecule has 6 heteroatoms. The number of hydrogen-bond acceptors (Lipinski definition) is 1. The second-order valence-electron chi connectivity index (χ2n) is 9.83. The van der Waals surface area contributed by atoms with Gasteiger partial charge in [-0.15, -0.1) is 0 Å². The molecule has 0 atom stereocenters. The molecule has 0 aromatic heterocycles. The van der Waals surface area contributed by atoms with Gasteiger partial charge < -0.3 is 4.74 Å². The van der Waals surface area contributed by atoms with E-state index in [1.807, 2.05) is 0 Å². The van der Waals surface area contributed by atoms with Crippen LogP contribution in [0.4, 0.5) is 22.0 Å². The van der Waals surface area contributed by atoms with Crippen LogP contribution < -0.4 is 0 Å². The van der Waals surface area contributed by atoms with Crippen molar-refractivity contribution in [2.45, 2.75) is 96.5 Å². The van der Waals surface area contributed by atoms with Gasteiger partial charge in [-0.3, -0.25) is 0 Å². The van der Waals surface area contributed by atoms with E-state index >= 15 is 0 Å². The number of hydrogen-bond donors (Lipinski definition) is 0. The lowest BCUT2D eigenvalue weighted by atomic mass is 9.77. The Balaban J connectivity index is 1.59. The Kier molecular flexibility index (Phi) is 10.1. The molecule has 0 N–H and O–H groups in total. The molecule has 1 saturated carbocycles. The Morgan fingerprint density at radius 3 is 2.26 bits per heavy atom. The molecule has 0 spiro atoms. The topological polar surface area (TPSA) is 9.23 Å². The summed E-state index contributed by atoms with van der Waals surface area (Å²) in [5.41, 5.74) is 0.186. The molecule has 0 bridgehead atoms. The van der Waals surface area contributed by atoms with Crippen molar-refractivity contribution >= 4 is 0 Å². The molecule has 0 unspecified atom stereocenters. The van der Waals surface area contributed by atoms with Crippen molar-refractivity contribution in [2.75, 3.05) is 6.61 Å². The fraction of sp³-hybridized carbons (Fsp3) is 0.586. The van der Waals surface area contributed by atoms with Gasteiger partial charge in [-0.2, -0.15) is 8.78 Å². The van der Waals surface area contributed by atoms with Gasteiger partial charge in [-0.1, -0.05) is 57.7 Å². The van der Waals surface area contributed by atoms with Crippen LogP contribution in [0.15, 0.2) is 30.3 Å². The molecule has 1 nitrogen and oxygen atoms in total. The Morgan fingerprint density at radius 2 is 1.60 bits per heavy atom. The van der Waals surface area contributed by atoms with Gasteiger partial charge in [0.15, 0.2) is 11.6 Å². The van der Waals surface area contributed by atoms with Gasteiger partial charge in [0.25, 0.3) is 0 Å². The van der Waals surface area contributed by atoms with Gasteiger partial charge in [0.05, 0.1) is 12.2 Å². The molecule has 3 rings (SSSR count). The zero-order chi connectivity index (χ0) is 25.4. The van der Waals surface area contributed by atoms with Crippen LogP contribution in [-0.2, 0) is 23.7 Å². The summed E-state index contributed by atoms with van der Waals surface area (Å²) in [5.74, 6) is -2.66. The molecule has 0 amide bonds. The minimum absolute atomic E-state index is 0.0327. The highest BCUT2D eigenvalue weighted by Crippen LogP contribution is 2.41. The zero-order valence-corrected chi connectivity index (χ0v) is 20.8. The third-order valence-electron chi connectivity index (χ3n) is 7.25. The Morgan fingerprint density at radius 1 is 0.857 bits per heavy atom. The van der Waals surface area contributed by atoms with Gasteiger partial charge in [0.1, 0.15) is 5.82 Å². The van der Waals surface area contributed by atoms with E-state index in [2.05, 4.69) is 18.6 Å². The monoisotopic (exact) mass is 496 g/mol. The number of ether oxygens (including phenoxy) is 1. The highest BCUT2D eigenvalue weighted by molar-refractivity contribution is 5.31. The first-order chi connectivity index (χ1) is 16.8. The zero-order valence-electron chi connectivity index (χ0n) is 20.8. The van der Waals surface area contributed by atoms with Crippen molar-refractivity contribution in [3.8, 4) is 0 Å². The SMILES string of the molecule is CCCCCc1ccc(CCOC(F)(F)c2ccc(C3CCC(CCC)CC3)c(F)c2F)cc1F. The maximum Gasteiger partial charge on any atom is 0.386 e. The summed E-state index contributed by atoms with van der Waals surface area (Å²) in [4.78, 5) is 0. The summed E-state index contributed by atoms with van der Waals surface area (Å²) in [5, 5.41) is 0. The van der Waals surface area contributed by atoms with Crippen LogP contribution in [0.3, 0.4) is 0 Å². The molecule has 1 aliphatic carbocycles. The number of alkyl halides is 2.